The number of aromatic nitrogens is 3. The van der Waals surface area contributed by atoms with E-state index < -0.39 is 0 Å². The molecule has 5 nitrogen and oxygen atoms in total. The van der Waals surface area contributed by atoms with Gasteiger partial charge in [-0.2, -0.15) is 5.26 Å². The van der Waals surface area contributed by atoms with Crippen LogP contribution >= 0.6 is 0 Å². The van der Waals surface area contributed by atoms with Crippen LogP contribution in [0.3, 0.4) is 0 Å². The molecule has 2 aromatic heterocycles. The summed E-state index contributed by atoms with van der Waals surface area (Å²) in [6.07, 6.45) is 2.72. The van der Waals surface area contributed by atoms with Crippen molar-refractivity contribution in [2.45, 2.75) is 19.0 Å². The number of nitrogens with one attached hydrogen (secondary N) is 1. The molecule has 0 radical (unpaired) electrons. The second-order valence-corrected chi connectivity index (χ2v) is 7.53. The maximum atomic E-state index is 9.24. The molecule has 0 fully saturated rings. The third-order valence-corrected chi connectivity index (χ3v) is 5.53. The molecule has 0 saturated heterocycles. The van der Waals surface area contributed by atoms with Gasteiger partial charge in [0, 0.05) is 23.6 Å². The van der Waals surface area contributed by atoms with Gasteiger partial charge in [-0.3, -0.25) is 0 Å². The molecule has 1 atom stereocenters. The maximum absolute atomic E-state index is 9.24. The molecule has 0 aliphatic heterocycles. The van der Waals surface area contributed by atoms with Crippen LogP contribution in [0.25, 0.3) is 21.9 Å². The molecule has 0 aliphatic rings. The summed E-state index contributed by atoms with van der Waals surface area (Å²) < 4.78 is 2.17. The lowest BCUT2D eigenvalue weighted by Gasteiger charge is -2.15. The average molecular weight is 391 g/mol. The lowest BCUT2D eigenvalue weighted by molar-refractivity contribution is 0.620. The predicted molar refractivity (Wildman–Crippen MR) is 119 cm³/mol. The molecule has 5 aromatic rings. The summed E-state index contributed by atoms with van der Waals surface area (Å²) in [4.78, 5) is 8.20. The van der Waals surface area contributed by atoms with Crippen LogP contribution in [0.2, 0.25) is 0 Å². The van der Waals surface area contributed by atoms with Crippen molar-refractivity contribution in [3.8, 4) is 6.07 Å². The Balaban J connectivity index is 1.54. The van der Waals surface area contributed by atoms with Gasteiger partial charge in [-0.05, 0) is 47.9 Å². The fourth-order valence-corrected chi connectivity index (χ4v) is 4.09. The number of benzene rings is 3. The van der Waals surface area contributed by atoms with Crippen LogP contribution in [0.15, 0.2) is 79.0 Å². The number of H-pyrrole nitrogens is 1. The highest BCUT2D eigenvalue weighted by Crippen LogP contribution is 2.26. The summed E-state index contributed by atoms with van der Waals surface area (Å²) in [6, 6.07) is 26.0. The molecule has 2 heterocycles. The first kappa shape index (κ1) is 18.2. The van der Waals surface area contributed by atoms with E-state index in [0.717, 1.165) is 27.9 Å². The van der Waals surface area contributed by atoms with Crippen molar-refractivity contribution in [3.05, 3.63) is 102 Å². The van der Waals surface area contributed by atoms with Gasteiger partial charge in [0.1, 0.15) is 5.82 Å². The van der Waals surface area contributed by atoms with E-state index >= 15 is 0 Å². The summed E-state index contributed by atoms with van der Waals surface area (Å²) in [7, 11) is 0. The number of nitrogens with zero attached hydrogens (tertiary/aromatic N) is 3. The number of rotatable bonds is 5. The minimum atomic E-state index is -0.254. The van der Waals surface area contributed by atoms with Gasteiger partial charge in [-0.25, -0.2) is 4.98 Å². The Morgan fingerprint density at radius 3 is 2.77 bits per heavy atom. The quantitative estimate of drug-likeness (QED) is 0.456. The normalized spacial score (nSPS) is 12.3. The van der Waals surface area contributed by atoms with Gasteiger partial charge in [-0.15, -0.1) is 0 Å². The van der Waals surface area contributed by atoms with E-state index in [1.807, 2.05) is 60.8 Å². The van der Waals surface area contributed by atoms with E-state index in [-0.39, 0.29) is 6.04 Å². The largest absolute Gasteiger partial charge is 0.361 e. The molecule has 0 bridgehead atoms. The third-order valence-electron chi connectivity index (χ3n) is 5.53. The van der Waals surface area contributed by atoms with Crippen molar-refractivity contribution in [2.24, 2.45) is 5.73 Å². The summed E-state index contributed by atoms with van der Waals surface area (Å²) in [5.41, 5.74) is 12.7. The Morgan fingerprint density at radius 2 is 1.87 bits per heavy atom. The SMILES string of the molecule is N#Cc1cccc(Cn2c(C(N)Cc3c[nH]c4ccccc34)nc3ccccc32)c1. The van der Waals surface area contributed by atoms with Crippen molar-refractivity contribution < 1.29 is 0 Å². The summed E-state index contributed by atoms with van der Waals surface area (Å²) in [5, 5.41) is 10.4. The first-order chi connectivity index (χ1) is 14.7. The van der Waals surface area contributed by atoms with E-state index in [9.17, 15) is 5.26 Å². The van der Waals surface area contributed by atoms with Crippen molar-refractivity contribution >= 4 is 21.9 Å². The van der Waals surface area contributed by atoms with E-state index in [0.29, 0.717) is 18.5 Å². The number of hydrogen-bond donors (Lipinski definition) is 2. The summed E-state index contributed by atoms with van der Waals surface area (Å²) >= 11 is 0. The van der Waals surface area contributed by atoms with Gasteiger partial charge >= 0.3 is 0 Å². The number of fused-ring (bicyclic) bond motifs is 2. The van der Waals surface area contributed by atoms with Gasteiger partial charge in [0.15, 0.2) is 0 Å². The zero-order valence-corrected chi connectivity index (χ0v) is 16.4. The van der Waals surface area contributed by atoms with Gasteiger partial charge in [-0.1, -0.05) is 42.5 Å². The number of nitrogens with two attached hydrogens (primary N) is 1. The highest BCUT2D eigenvalue weighted by molar-refractivity contribution is 5.83. The fourth-order valence-electron chi connectivity index (χ4n) is 4.09. The smallest absolute Gasteiger partial charge is 0.127 e. The number of nitriles is 1. The molecule has 1 unspecified atom stereocenters. The standard InChI is InChI=1S/C25H21N5/c26-14-17-6-5-7-18(12-17)16-30-24-11-4-3-10-23(24)29-25(30)21(27)13-19-15-28-22-9-2-1-8-20(19)22/h1-12,15,21,28H,13,16,27H2. The van der Waals surface area contributed by atoms with E-state index in [2.05, 4.69) is 33.8 Å². The monoisotopic (exact) mass is 391 g/mol. The Labute approximate surface area is 174 Å². The molecule has 0 aliphatic carbocycles. The molecule has 3 aromatic carbocycles. The second-order valence-electron chi connectivity index (χ2n) is 7.53. The zero-order valence-electron chi connectivity index (χ0n) is 16.4. The maximum Gasteiger partial charge on any atom is 0.127 e. The van der Waals surface area contributed by atoms with Gasteiger partial charge < -0.3 is 15.3 Å². The zero-order chi connectivity index (χ0) is 20.5. The highest BCUT2D eigenvalue weighted by atomic mass is 15.1. The molecular weight excluding hydrogens is 370 g/mol. The van der Waals surface area contributed by atoms with Crippen molar-refractivity contribution in [2.75, 3.05) is 0 Å². The first-order valence-electron chi connectivity index (χ1n) is 9.98. The molecule has 3 N–H and O–H groups in total. The van der Waals surface area contributed by atoms with Crippen LogP contribution < -0.4 is 5.73 Å². The van der Waals surface area contributed by atoms with Gasteiger partial charge in [0.25, 0.3) is 0 Å². The van der Waals surface area contributed by atoms with Crippen molar-refractivity contribution in [3.63, 3.8) is 0 Å². The van der Waals surface area contributed by atoms with E-state index in [1.54, 1.807) is 0 Å². The minimum Gasteiger partial charge on any atom is -0.361 e. The van der Waals surface area contributed by atoms with E-state index in [1.165, 1.54) is 10.9 Å². The number of hydrogen-bond acceptors (Lipinski definition) is 3. The summed E-state index contributed by atoms with van der Waals surface area (Å²) in [5.74, 6) is 0.851. The van der Waals surface area contributed by atoms with Crippen LogP contribution in [0.1, 0.15) is 28.6 Å². The van der Waals surface area contributed by atoms with Crippen LogP contribution in [0, 0.1) is 11.3 Å². The Morgan fingerprint density at radius 1 is 1.03 bits per heavy atom. The Kier molecular flexibility index (Phi) is 4.55. The Hall–Kier alpha value is -3.88. The van der Waals surface area contributed by atoms with Crippen LogP contribution in [0.4, 0.5) is 0 Å². The highest BCUT2D eigenvalue weighted by Gasteiger charge is 2.19. The van der Waals surface area contributed by atoms with Crippen molar-refractivity contribution in [1.82, 2.24) is 14.5 Å². The number of para-hydroxylation sites is 3. The Bertz CT molecular complexity index is 1390. The first-order valence-corrected chi connectivity index (χ1v) is 9.98. The molecule has 30 heavy (non-hydrogen) atoms. The van der Waals surface area contributed by atoms with Crippen LogP contribution in [0.5, 0.6) is 0 Å². The molecule has 146 valence electrons. The molecule has 5 rings (SSSR count). The van der Waals surface area contributed by atoms with Gasteiger partial charge in [0.2, 0.25) is 0 Å². The summed E-state index contributed by atoms with van der Waals surface area (Å²) in [6.45, 7) is 0.618. The topological polar surface area (TPSA) is 83.4 Å². The van der Waals surface area contributed by atoms with Crippen LogP contribution in [-0.2, 0) is 13.0 Å². The average Bonchev–Trinajstić information content (AvgIpc) is 3.36. The number of imidazole rings is 1. The molecule has 0 amide bonds. The van der Waals surface area contributed by atoms with E-state index in [4.69, 9.17) is 10.7 Å². The van der Waals surface area contributed by atoms with Crippen molar-refractivity contribution in [1.29, 1.82) is 5.26 Å². The van der Waals surface area contributed by atoms with Crippen LogP contribution in [-0.4, -0.2) is 14.5 Å². The molecular formula is C25H21N5. The minimum absolute atomic E-state index is 0.254. The molecule has 0 saturated carbocycles. The molecule has 5 heteroatoms. The molecule has 0 spiro atoms. The van der Waals surface area contributed by atoms with Gasteiger partial charge in [0.05, 0.1) is 28.7 Å². The predicted octanol–water partition coefficient (Wildman–Crippen LogP) is 4.68. The fraction of sp³-hybridized carbons (Fsp3) is 0.120. The lowest BCUT2D eigenvalue weighted by Crippen LogP contribution is -2.19. The number of aromatic amines is 1. The lowest BCUT2D eigenvalue weighted by atomic mass is 10.0. The second kappa shape index (κ2) is 7.51. The third kappa shape index (κ3) is 3.24.